The van der Waals surface area contributed by atoms with E-state index in [1.807, 2.05) is 11.5 Å². The number of aryl methyl sites for hydroxylation is 1. The summed E-state index contributed by atoms with van der Waals surface area (Å²) in [7, 11) is -3.26. The van der Waals surface area contributed by atoms with Gasteiger partial charge in [0.05, 0.1) is 10.9 Å². The molecule has 1 aliphatic heterocycles. The van der Waals surface area contributed by atoms with E-state index < -0.39 is 9.84 Å². The quantitative estimate of drug-likeness (QED) is 0.904. The van der Waals surface area contributed by atoms with Crippen molar-refractivity contribution in [3.8, 4) is 0 Å². The number of benzene rings is 1. The van der Waals surface area contributed by atoms with Gasteiger partial charge in [-0.05, 0) is 37.6 Å². The van der Waals surface area contributed by atoms with Crippen LogP contribution in [0.15, 0.2) is 29.2 Å². The molecule has 0 saturated heterocycles. The van der Waals surface area contributed by atoms with Crippen LogP contribution in [0.1, 0.15) is 41.4 Å². The SMILES string of the molecule is C[C@@H](NC(=O)c1ccc(S(C)(=O)=O)cc1)c1nnc2n1CCC2. The Balaban J connectivity index is 1.73. The van der Waals surface area contributed by atoms with Crippen LogP contribution >= 0.6 is 0 Å². The first-order chi connectivity index (χ1) is 10.9. The molecule has 1 aliphatic rings. The third kappa shape index (κ3) is 3.12. The fraction of sp³-hybridized carbons (Fsp3) is 0.400. The Morgan fingerprint density at radius 1 is 1.26 bits per heavy atom. The zero-order valence-electron chi connectivity index (χ0n) is 13.0. The summed E-state index contributed by atoms with van der Waals surface area (Å²) in [6, 6.07) is 5.61. The molecule has 0 bridgehead atoms. The largest absolute Gasteiger partial charge is 0.342 e. The Hall–Kier alpha value is -2.22. The average molecular weight is 334 g/mol. The molecule has 1 amide bonds. The first-order valence-corrected chi connectivity index (χ1v) is 9.28. The number of fused-ring (bicyclic) bond motifs is 1. The first kappa shape index (κ1) is 15.7. The van der Waals surface area contributed by atoms with E-state index in [1.54, 1.807) is 0 Å². The third-order valence-electron chi connectivity index (χ3n) is 3.92. The Bertz CT molecular complexity index is 840. The van der Waals surface area contributed by atoms with Crippen LogP contribution in [0.5, 0.6) is 0 Å². The van der Waals surface area contributed by atoms with Crippen LogP contribution in [0.4, 0.5) is 0 Å². The van der Waals surface area contributed by atoms with E-state index in [9.17, 15) is 13.2 Å². The number of amides is 1. The van der Waals surface area contributed by atoms with E-state index in [1.165, 1.54) is 24.3 Å². The second-order valence-corrected chi connectivity index (χ2v) is 7.74. The summed E-state index contributed by atoms with van der Waals surface area (Å²) >= 11 is 0. The molecule has 1 atom stereocenters. The number of nitrogens with zero attached hydrogens (tertiary/aromatic N) is 3. The number of nitrogens with one attached hydrogen (secondary N) is 1. The molecule has 0 saturated carbocycles. The summed E-state index contributed by atoms with van der Waals surface area (Å²) in [6.07, 6.45) is 3.10. The highest BCUT2D eigenvalue weighted by Gasteiger charge is 2.22. The second kappa shape index (κ2) is 5.77. The molecule has 0 spiro atoms. The Labute approximate surface area is 134 Å². The third-order valence-corrected chi connectivity index (χ3v) is 5.05. The van der Waals surface area contributed by atoms with Crippen molar-refractivity contribution in [3.63, 3.8) is 0 Å². The maximum absolute atomic E-state index is 12.3. The number of aromatic nitrogens is 3. The topological polar surface area (TPSA) is 93.9 Å². The van der Waals surface area contributed by atoms with Crippen LogP contribution in [0.2, 0.25) is 0 Å². The zero-order chi connectivity index (χ0) is 16.6. The Morgan fingerprint density at radius 2 is 1.96 bits per heavy atom. The summed E-state index contributed by atoms with van der Waals surface area (Å²) in [5, 5.41) is 11.2. The van der Waals surface area contributed by atoms with Crippen LogP contribution in [-0.2, 0) is 22.8 Å². The van der Waals surface area contributed by atoms with Crippen LogP contribution in [0.3, 0.4) is 0 Å². The van der Waals surface area contributed by atoms with Gasteiger partial charge in [-0.2, -0.15) is 0 Å². The van der Waals surface area contributed by atoms with Gasteiger partial charge in [0.1, 0.15) is 5.82 Å². The molecule has 3 rings (SSSR count). The number of hydrogen-bond acceptors (Lipinski definition) is 5. The maximum Gasteiger partial charge on any atom is 0.251 e. The van der Waals surface area contributed by atoms with Gasteiger partial charge in [-0.25, -0.2) is 8.42 Å². The summed E-state index contributed by atoms with van der Waals surface area (Å²) in [5.41, 5.74) is 0.408. The number of carbonyl (C=O) groups is 1. The number of hydrogen-bond donors (Lipinski definition) is 1. The van der Waals surface area contributed by atoms with Gasteiger partial charge in [-0.1, -0.05) is 0 Å². The van der Waals surface area contributed by atoms with Crippen LogP contribution in [0, 0.1) is 0 Å². The van der Waals surface area contributed by atoms with Crippen molar-refractivity contribution in [1.82, 2.24) is 20.1 Å². The predicted octanol–water partition coefficient (Wildman–Crippen LogP) is 1.12. The van der Waals surface area contributed by atoms with E-state index in [0.717, 1.165) is 37.3 Å². The van der Waals surface area contributed by atoms with E-state index in [4.69, 9.17) is 0 Å². The molecule has 8 heteroatoms. The minimum Gasteiger partial charge on any atom is -0.342 e. The van der Waals surface area contributed by atoms with Gasteiger partial charge in [0.2, 0.25) is 0 Å². The summed E-state index contributed by atoms with van der Waals surface area (Å²) < 4.78 is 24.9. The molecule has 0 aliphatic carbocycles. The van der Waals surface area contributed by atoms with E-state index in [0.29, 0.717) is 5.56 Å². The maximum atomic E-state index is 12.3. The van der Waals surface area contributed by atoms with Crippen LogP contribution in [0.25, 0.3) is 0 Å². The monoisotopic (exact) mass is 334 g/mol. The molecule has 2 heterocycles. The zero-order valence-corrected chi connectivity index (χ0v) is 13.8. The fourth-order valence-corrected chi connectivity index (χ4v) is 3.32. The Kier molecular flexibility index (Phi) is 3.93. The smallest absolute Gasteiger partial charge is 0.251 e. The van der Waals surface area contributed by atoms with E-state index >= 15 is 0 Å². The summed E-state index contributed by atoms with van der Waals surface area (Å²) in [5.74, 6) is 1.44. The van der Waals surface area contributed by atoms with E-state index in [2.05, 4.69) is 15.5 Å². The van der Waals surface area contributed by atoms with Crippen molar-refractivity contribution in [2.75, 3.05) is 6.26 Å². The van der Waals surface area contributed by atoms with Crippen molar-refractivity contribution < 1.29 is 13.2 Å². The summed E-state index contributed by atoms with van der Waals surface area (Å²) in [4.78, 5) is 12.5. The molecule has 1 N–H and O–H groups in total. The van der Waals surface area contributed by atoms with Crippen molar-refractivity contribution in [1.29, 1.82) is 0 Å². The molecule has 23 heavy (non-hydrogen) atoms. The molecule has 0 radical (unpaired) electrons. The lowest BCUT2D eigenvalue weighted by atomic mass is 10.2. The summed E-state index contributed by atoms with van der Waals surface area (Å²) in [6.45, 7) is 2.74. The standard InChI is InChI=1S/C15H18N4O3S/c1-10(14-18-17-13-4-3-9-19(13)14)16-15(20)11-5-7-12(8-6-11)23(2,21)22/h5-8,10H,3-4,9H2,1-2H3,(H,16,20)/t10-/m1/s1. The second-order valence-electron chi connectivity index (χ2n) is 5.72. The van der Waals surface area contributed by atoms with E-state index in [-0.39, 0.29) is 16.8 Å². The number of carbonyl (C=O) groups excluding carboxylic acids is 1. The van der Waals surface area contributed by atoms with Gasteiger partial charge >= 0.3 is 0 Å². The van der Waals surface area contributed by atoms with Crippen molar-refractivity contribution in [3.05, 3.63) is 41.5 Å². The predicted molar refractivity (Wildman–Crippen MR) is 83.8 cm³/mol. The average Bonchev–Trinajstić information content (AvgIpc) is 3.09. The molecule has 1 aromatic heterocycles. The van der Waals surface area contributed by atoms with Crippen molar-refractivity contribution in [2.45, 2.75) is 37.2 Å². The molecule has 7 nitrogen and oxygen atoms in total. The lowest BCUT2D eigenvalue weighted by Crippen LogP contribution is -2.28. The van der Waals surface area contributed by atoms with Gasteiger partial charge in [-0.15, -0.1) is 10.2 Å². The molecular weight excluding hydrogens is 316 g/mol. The number of rotatable bonds is 4. The lowest BCUT2D eigenvalue weighted by molar-refractivity contribution is 0.0937. The number of sulfone groups is 1. The van der Waals surface area contributed by atoms with Gasteiger partial charge in [0.15, 0.2) is 15.7 Å². The molecule has 2 aromatic rings. The molecule has 122 valence electrons. The molecule has 1 aromatic carbocycles. The van der Waals surface area contributed by atoms with Gasteiger partial charge in [-0.3, -0.25) is 4.79 Å². The molecule has 0 unspecified atom stereocenters. The normalized spacial score (nSPS) is 15.2. The first-order valence-electron chi connectivity index (χ1n) is 7.39. The molecular formula is C15H18N4O3S. The van der Waals surface area contributed by atoms with Crippen molar-refractivity contribution in [2.24, 2.45) is 0 Å². The minimum absolute atomic E-state index is 0.192. The van der Waals surface area contributed by atoms with Gasteiger partial charge in [0.25, 0.3) is 5.91 Å². The van der Waals surface area contributed by atoms with Crippen LogP contribution < -0.4 is 5.32 Å². The highest BCUT2D eigenvalue weighted by Crippen LogP contribution is 2.19. The highest BCUT2D eigenvalue weighted by atomic mass is 32.2. The Morgan fingerprint density at radius 3 is 2.61 bits per heavy atom. The van der Waals surface area contributed by atoms with Crippen molar-refractivity contribution >= 4 is 15.7 Å². The van der Waals surface area contributed by atoms with Crippen LogP contribution in [-0.4, -0.2) is 35.3 Å². The molecule has 0 fully saturated rings. The lowest BCUT2D eigenvalue weighted by Gasteiger charge is -2.14. The fourth-order valence-electron chi connectivity index (χ4n) is 2.69. The van der Waals surface area contributed by atoms with Gasteiger partial charge < -0.3 is 9.88 Å². The van der Waals surface area contributed by atoms with Gasteiger partial charge in [0, 0.05) is 24.8 Å². The minimum atomic E-state index is -3.26. The highest BCUT2D eigenvalue weighted by molar-refractivity contribution is 7.90.